The Balaban J connectivity index is 1.74. The Labute approximate surface area is 135 Å². The SMILES string of the molecule is CNC(Cc1nc(-c2ccccc2)cs1)C1(C)CCCS1. The Kier molecular flexibility index (Phi) is 4.67. The minimum absolute atomic E-state index is 0.354. The first-order valence-corrected chi connectivity index (χ1v) is 9.39. The van der Waals surface area contributed by atoms with Gasteiger partial charge in [-0.05, 0) is 32.6 Å². The lowest BCUT2D eigenvalue weighted by atomic mass is 9.94. The van der Waals surface area contributed by atoms with Gasteiger partial charge in [-0.15, -0.1) is 11.3 Å². The first-order valence-electron chi connectivity index (χ1n) is 7.52. The van der Waals surface area contributed by atoms with Crippen LogP contribution in [0.1, 0.15) is 24.8 Å². The molecule has 2 aromatic rings. The van der Waals surface area contributed by atoms with Crippen molar-refractivity contribution in [2.24, 2.45) is 0 Å². The largest absolute Gasteiger partial charge is 0.315 e. The number of aromatic nitrogens is 1. The quantitative estimate of drug-likeness (QED) is 0.893. The molecule has 2 unspecified atom stereocenters. The topological polar surface area (TPSA) is 24.9 Å². The second kappa shape index (κ2) is 6.51. The van der Waals surface area contributed by atoms with Crippen LogP contribution < -0.4 is 5.32 Å². The van der Waals surface area contributed by atoms with Crippen LogP contribution in [-0.2, 0) is 6.42 Å². The van der Waals surface area contributed by atoms with Crippen molar-refractivity contribution in [2.75, 3.05) is 12.8 Å². The molecule has 1 N–H and O–H groups in total. The fourth-order valence-electron chi connectivity index (χ4n) is 3.02. The van der Waals surface area contributed by atoms with Crippen molar-refractivity contribution in [3.05, 3.63) is 40.7 Å². The monoisotopic (exact) mass is 318 g/mol. The third-order valence-corrected chi connectivity index (χ3v) is 6.85. The van der Waals surface area contributed by atoms with Crippen LogP contribution in [0.15, 0.2) is 35.7 Å². The molecule has 2 heterocycles. The van der Waals surface area contributed by atoms with Gasteiger partial charge in [0, 0.05) is 28.2 Å². The number of benzene rings is 1. The highest BCUT2D eigenvalue weighted by molar-refractivity contribution is 8.00. The first kappa shape index (κ1) is 15.1. The predicted octanol–water partition coefficient (Wildman–Crippen LogP) is 4.23. The standard InChI is InChI=1S/C17H22N2S2/c1-17(9-6-10-21-17)15(18-2)11-16-19-14(12-20-16)13-7-4-3-5-8-13/h3-5,7-8,12,15,18H,6,9-11H2,1-2H3. The van der Waals surface area contributed by atoms with Gasteiger partial charge in [0.05, 0.1) is 10.7 Å². The molecule has 1 aromatic heterocycles. The highest BCUT2D eigenvalue weighted by Gasteiger charge is 2.37. The van der Waals surface area contributed by atoms with Gasteiger partial charge in [-0.25, -0.2) is 4.98 Å². The minimum atomic E-state index is 0.354. The number of rotatable bonds is 5. The molecule has 0 spiro atoms. The van der Waals surface area contributed by atoms with E-state index in [1.165, 1.54) is 29.2 Å². The number of thiazole rings is 1. The van der Waals surface area contributed by atoms with Crippen molar-refractivity contribution in [2.45, 2.75) is 37.0 Å². The lowest BCUT2D eigenvalue weighted by Gasteiger charge is -2.32. The van der Waals surface area contributed by atoms with Gasteiger partial charge in [-0.2, -0.15) is 11.8 Å². The highest BCUT2D eigenvalue weighted by Crippen LogP contribution is 2.41. The van der Waals surface area contributed by atoms with E-state index >= 15 is 0 Å². The van der Waals surface area contributed by atoms with Gasteiger partial charge in [0.25, 0.3) is 0 Å². The number of nitrogens with zero attached hydrogens (tertiary/aromatic N) is 1. The second-order valence-electron chi connectivity index (χ2n) is 5.80. The summed E-state index contributed by atoms with van der Waals surface area (Å²) < 4.78 is 0.354. The van der Waals surface area contributed by atoms with E-state index in [0.29, 0.717) is 10.8 Å². The number of likely N-dealkylation sites (N-methyl/N-ethyl adjacent to an activating group) is 1. The smallest absolute Gasteiger partial charge is 0.0948 e. The highest BCUT2D eigenvalue weighted by atomic mass is 32.2. The molecular weight excluding hydrogens is 296 g/mol. The first-order chi connectivity index (χ1) is 10.2. The summed E-state index contributed by atoms with van der Waals surface area (Å²) in [5.74, 6) is 1.29. The van der Waals surface area contributed by atoms with Gasteiger partial charge in [0.2, 0.25) is 0 Å². The molecule has 0 radical (unpaired) electrons. The molecule has 2 atom stereocenters. The Morgan fingerprint density at radius 1 is 1.33 bits per heavy atom. The number of hydrogen-bond acceptors (Lipinski definition) is 4. The summed E-state index contributed by atoms with van der Waals surface area (Å²) in [6.07, 6.45) is 3.67. The number of nitrogens with one attached hydrogen (secondary N) is 1. The van der Waals surface area contributed by atoms with Crippen molar-refractivity contribution < 1.29 is 0 Å². The van der Waals surface area contributed by atoms with Gasteiger partial charge < -0.3 is 5.32 Å². The number of hydrogen-bond donors (Lipinski definition) is 1. The second-order valence-corrected chi connectivity index (χ2v) is 8.37. The van der Waals surface area contributed by atoms with E-state index < -0.39 is 0 Å². The summed E-state index contributed by atoms with van der Waals surface area (Å²) >= 11 is 3.90. The molecule has 4 heteroatoms. The van der Waals surface area contributed by atoms with Gasteiger partial charge in [-0.1, -0.05) is 30.3 Å². The summed E-state index contributed by atoms with van der Waals surface area (Å²) in [6, 6.07) is 10.9. The van der Waals surface area contributed by atoms with Crippen LogP contribution in [0.2, 0.25) is 0 Å². The summed E-state index contributed by atoms with van der Waals surface area (Å²) in [4.78, 5) is 4.84. The molecule has 21 heavy (non-hydrogen) atoms. The van der Waals surface area contributed by atoms with Gasteiger partial charge in [-0.3, -0.25) is 0 Å². The van der Waals surface area contributed by atoms with E-state index in [9.17, 15) is 0 Å². The van der Waals surface area contributed by atoms with Crippen LogP contribution in [-0.4, -0.2) is 28.6 Å². The van der Waals surface area contributed by atoms with E-state index in [2.05, 4.69) is 60.7 Å². The van der Waals surface area contributed by atoms with Crippen LogP contribution in [0.4, 0.5) is 0 Å². The van der Waals surface area contributed by atoms with Gasteiger partial charge >= 0.3 is 0 Å². The average Bonchev–Trinajstić information content (AvgIpc) is 3.15. The Morgan fingerprint density at radius 2 is 2.14 bits per heavy atom. The van der Waals surface area contributed by atoms with Crippen LogP contribution >= 0.6 is 23.1 Å². The third kappa shape index (κ3) is 3.33. The zero-order valence-corrected chi connectivity index (χ0v) is 14.3. The molecule has 1 aromatic carbocycles. The van der Waals surface area contributed by atoms with Crippen LogP contribution in [0.3, 0.4) is 0 Å². The van der Waals surface area contributed by atoms with Crippen molar-refractivity contribution in [1.82, 2.24) is 10.3 Å². The third-order valence-electron chi connectivity index (χ3n) is 4.33. The number of thioether (sulfide) groups is 1. The minimum Gasteiger partial charge on any atom is -0.315 e. The zero-order valence-electron chi connectivity index (χ0n) is 12.6. The molecule has 2 nitrogen and oxygen atoms in total. The average molecular weight is 319 g/mol. The van der Waals surface area contributed by atoms with Crippen molar-refractivity contribution in [3.8, 4) is 11.3 Å². The van der Waals surface area contributed by atoms with Crippen LogP contribution in [0.5, 0.6) is 0 Å². The summed E-state index contributed by atoms with van der Waals surface area (Å²) in [5.41, 5.74) is 2.32. The Morgan fingerprint density at radius 3 is 2.81 bits per heavy atom. The van der Waals surface area contributed by atoms with Crippen LogP contribution in [0, 0.1) is 0 Å². The molecule has 1 aliphatic heterocycles. The molecule has 112 valence electrons. The molecule has 0 saturated carbocycles. The lowest BCUT2D eigenvalue weighted by molar-refractivity contribution is 0.423. The fraction of sp³-hybridized carbons (Fsp3) is 0.471. The normalized spacial score (nSPS) is 23.3. The van der Waals surface area contributed by atoms with E-state index in [-0.39, 0.29) is 0 Å². The van der Waals surface area contributed by atoms with E-state index in [1.54, 1.807) is 11.3 Å². The molecule has 1 aliphatic rings. The zero-order chi connectivity index (χ0) is 14.7. The molecule has 0 bridgehead atoms. The predicted molar refractivity (Wildman–Crippen MR) is 94.2 cm³/mol. The van der Waals surface area contributed by atoms with E-state index in [0.717, 1.165) is 12.1 Å². The van der Waals surface area contributed by atoms with Gasteiger partial charge in [0.1, 0.15) is 0 Å². The van der Waals surface area contributed by atoms with Crippen molar-refractivity contribution >= 4 is 23.1 Å². The molecule has 0 amide bonds. The van der Waals surface area contributed by atoms with Crippen LogP contribution in [0.25, 0.3) is 11.3 Å². The maximum absolute atomic E-state index is 4.84. The summed E-state index contributed by atoms with van der Waals surface area (Å²) in [6.45, 7) is 2.40. The maximum Gasteiger partial charge on any atom is 0.0948 e. The lowest BCUT2D eigenvalue weighted by Crippen LogP contribution is -2.45. The molecule has 1 fully saturated rings. The van der Waals surface area contributed by atoms with Gasteiger partial charge in [0.15, 0.2) is 0 Å². The molecule has 1 saturated heterocycles. The van der Waals surface area contributed by atoms with Crippen molar-refractivity contribution in [1.29, 1.82) is 0 Å². The molecule has 0 aliphatic carbocycles. The molecule has 3 rings (SSSR count). The maximum atomic E-state index is 4.84. The Hall–Kier alpha value is -0.840. The van der Waals surface area contributed by atoms with E-state index in [1.807, 2.05) is 6.07 Å². The molecular formula is C17H22N2S2. The fourth-order valence-corrected chi connectivity index (χ4v) is 5.32. The summed E-state index contributed by atoms with van der Waals surface area (Å²) in [5, 5.41) is 6.95. The van der Waals surface area contributed by atoms with Crippen molar-refractivity contribution in [3.63, 3.8) is 0 Å². The summed E-state index contributed by atoms with van der Waals surface area (Å²) in [7, 11) is 2.08. The van der Waals surface area contributed by atoms with E-state index in [4.69, 9.17) is 4.98 Å². The Bertz CT molecular complexity index is 573.